The zero-order valence-electron chi connectivity index (χ0n) is 14.1. The topological polar surface area (TPSA) is 58.4 Å². The smallest absolute Gasteiger partial charge is 0.254 e. The number of aliphatic hydroxyl groups is 1. The lowest BCUT2D eigenvalue weighted by Gasteiger charge is -2.28. The van der Waals surface area contributed by atoms with E-state index in [2.05, 4.69) is 5.10 Å². The summed E-state index contributed by atoms with van der Waals surface area (Å²) in [6, 6.07) is 18.8. The zero-order chi connectivity index (χ0) is 17.6. The molecule has 1 N–H and O–H groups in total. The summed E-state index contributed by atoms with van der Waals surface area (Å²) in [5, 5.41) is 13.6. The normalized spacial score (nSPS) is 11.9. The van der Waals surface area contributed by atoms with E-state index in [-0.39, 0.29) is 18.6 Å². The number of aromatic nitrogens is 2. The van der Waals surface area contributed by atoms with Crippen molar-refractivity contribution in [2.24, 2.45) is 0 Å². The molecule has 1 atom stereocenters. The Labute approximate surface area is 147 Å². The molecule has 5 heteroatoms. The van der Waals surface area contributed by atoms with Crippen molar-refractivity contribution >= 4 is 5.91 Å². The number of carbonyl (C=O) groups excluding carboxylic acids is 1. The van der Waals surface area contributed by atoms with E-state index in [4.69, 9.17) is 0 Å². The summed E-state index contributed by atoms with van der Waals surface area (Å²) >= 11 is 0. The van der Waals surface area contributed by atoms with Crippen LogP contribution >= 0.6 is 0 Å². The van der Waals surface area contributed by atoms with Crippen LogP contribution in [0.2, 0.25) is 0 Å². The Hall–Kier alpha value is -2.92. The van der Waals surface area contributed by atoms with Gasteiger partial charge in [0.05, 0.1) is 11.7 Å². The van der Waals surface area contributed by atoms with Crippen molar-refractivity contribution in [3.8, 4) is 5.69 Å². The first kappa shape index (κ1) is 16.9. The number of hydrogen-bond donors (Lipinski definition) is 1. The Balaban J connectivity index is 1.87. The molecule has 1 unspecified atom stereocenters. The molecule has 1 amide bonds. The summed E-state index contributed by atoms with van der Waals surface area (Å²) in [5.41, 5.74) is 2.44. The van der Waals surface area contributed by atoms with Crippen LogP contribution in [0.1, 0.15) is 28.4 Å². The van der Waals surface area contributed by atoms with Crippen LogP contribution in [0.5, 0.6) is 0 Å². The van der Waals surface area contributed by atoms with Crippen molar-refractivity contribution in [1.29, 1.82) is 0 Å². The molecule has 0 bridgehead atoms. The average molecular weight is 335 g/mol. The second-order valence-electron chi connectivity index (χ2n) is 5.86. The van der Waals surface area contributed by atoms with Crippen LogP contribution in [-0.2, 0) is 0 Å². The van der Waals surface area contributed by atoms with Crippen LogP contribution in [0.4, 0.5) is 0 Å². The first-order chi connectivity index (χ1) is 12.2. The van der Waals surface area contributed by atoms with E-state index < -0.39 is 0 Å². The third-order valence-corrected chi connectivity index (χ3v) is 4.24. The van der Waals surface area contributed by atoms with Gasteiger partial charge in [0.15, 0.2) is 0 Å². The van der Waals surface area contributed by atoms with Crippen LogP contribution in [0.25, 0.3) is 5.69 Å². The minimum Gasteiger partial charge on any atom is -0.396 e. The number of rotatable bonds is 6. The Morgan fingerprint density at radius 2 is 1.96 bits per heavy atom. The Morgan fingerprint density at radius 3 is 2.64 bits per heavy atom. The number of carbonyl (C=O) groups is 1. The fourth-order valence-corrected chi connectivity index (χ4v) is 2.93. The van der Waals surface area contributed by atoms with Gasteiger partial charge >= 0.3 is 0 Å². The van der Waals surface area contributed by atoms with Gasteiger partial charge in [-0.3, -0.25) is 4.79 Å². The molecule has 128 valence electrons. The second-order valence-corrected chi connectivity index (χ2v) is 5.86. The molecule has 1 aromatic heterocycles. The summed E-state index contributed by atoms with van der Waals surface area (Å²) in [6.45, 7) is 0.0184. The molecular formula is C20H21N3O2. The molecule has 2 aromatic carbocycles. The molecule has 25 heavy (non-hydrogen) atoms. The van der Waals surface area contributed by atoms with Gasteiger partial charge < -0.3 is 10.0 Å². The molecule has 3 aromatic rings. The van der Waals surface area contributed by atoms with Gasteiger partial charge in [-0.1, -0.05) is 36.4 Å². The number of nitrogens with zero attached hydrogens (tertiary/aromatic N) is 3. The Bertz CT molecular complexity index is 816. The monoisotopic (exact) mass is 335 g/mol. The summed E-state index contributed by atoms with van der Waals surface area (Å²) in [7, 11) is 1.77. The largest absolute Gasteiger partial charge is 0.396 e. The van der Waals surface area contributed by atoms with Crippen LogP contribution in [0.3, 0.4) is 0 Å². The highest BCUT2D eigenvalue weighted by molar-refractivity contribution is 5.94. The van der Waals surface area contributed by atoms with Crippen molar-refractivity contribution < 1.29 is 9.90 Å². The molecule has 3 rings (SSSR count). The fourth-order valence-electron chi connectivity index (χ4n) is 2.93. The first-order valence-electron chi connectivity index (χ1n) is 8.24. The minimum atomic E-state index is -0.174. The predicted molar refractivity (Wildman–Crippen MR) is 96.5 cm³/mol. The van der Waals surface area contributed by atoms with Gasteiger partial charge in [-0.15, -0.1) is 0 Å². The predicted octanol–water partition coefficient (Wildman–Crippen LogP) is 3.07. The van der Waals surface area contributed by atoms with Crippen LogP contribution in [0, 0.1) is 0 Å². The highest BCUT2D eigenvalue weighted by atomic mass is 16.3. The fraction of sp³-hybridized carbons (Fsp3) is 0.200. The second kappa shape index (κ2) is 7.77. The van der Waals surface area contributed by atoms with Gasteiger partial charge in [-0.2, -0.15) is 5.10 Å². The zero-order valence-corrected chi connectivity index (χ0v) is 14.1. The van der Waals surface area contributed by atoms with Gasteiger partial charge in [0, 0.05) is 31.6 Å². The summed E-state index contributed by atoms with van der Waals surface area (Å²) in [4.78, 5) is 14.7. The molecule has 0 saturated heterocycles. The highest BCUT2D eigenvalue weighted by Gasteiger charge is 2.22. The lowest BCUT2D eigenvalue weighted by Crippen LogP contribution is -2.32. The number of benzene rings is 2. The Kier molecular flexibility index (Phi) is 5.26. The summed E-state index contributed by atoms with van der Waals surface area (Å²) < 4.78 is 1.72. The third kappa shape index (κ3) is 3.78. The molecule has 0 aliphatic heterocycles. The first-order valence-corrected chi connectivity index (χ1v) is 8.24. The van der Waals surface area contributed by atoms with Crippen molar-refractivity contribution in [3.63, 3.8) is 0 Å². The van der Waals surface area contributed by atoms with E-state index >= 15 is 0 Å². The van der Waals surface area contributed by atoms with Crippen molar-refractivity contribution in [2.45, 2.75) is 12.5 Å². The molecule has 0 aliphatic carbocycles. The van der Waals surface area contributed by atoms with Crippen LogP contribution in [-0.4, -0.2) is 39.3 Å². The van der Waals surface area contributed by atoms with E-state index in [0.29, 0.717) is 12.0 Å². The lowest BCUT2D eigenvalue weighted by molar-refractivity contribution is 0.0705. The van der Waals surface area contributed by atoms with E-state index in [0.717, 1.165) is 11.3 Å². The molecular weight excluding hydrogens is 314 g/mol. The third-order valence-electron chi connectivity index (χ3n) is 4.24. The Morgan fingerprint density at radius 1 is 1.16 bits per heavy atom. The molecule has 0 aliphatic rings. The van der Waals surface area contributed by atoms with E-state index in [1.54, 1.807) is 28.9 Å². The number of amides is 1. The van der Waals surface area contributed by atoms with Gasteiger partial charge in [-0.05, 0) is 36.2 Å². The maximum Gasteiger partial charge on any atom is 0.254 e. The van der Waals surface area contributed by atoms with Crippen molar-refractivity contribution in [1.82, 2.24) is 14.7 Å². The van der Waals surface area contributed by atoms with Gasteiger partial charge in [0.25, 0.3) is 5.91 Å². The van der Waals surface area contributed by atoms with E-state index in [1.807, 2.05) is 60.8 Å². The standard InChI is InChI=1S/C20H21N3O2/c1-22(19(11-14-24)16-7-3-2-4-8-16)20(25)17-9-5-10-18(15-17)23-13-6-12-21-23/h2-10,12-13,15,19,24H,11,14H2,1H3. The quantitative estimate of drug-likeness (QED) is 0.753. The molecule has 1 heterocycles. The number of hydrogen-bond acceptors (Lipinski definition) is 3. The van der Waals surface area contributed by atoms with Gasteiger partial charge in [0.1, 0.15) is 0 Å². The van der Waals surface area contributed by atoms with E-state index in [9.17, 15) is 9.90 Å². The molecule has 5 nitrogen and oxygen atoms in total. The van der Waals surface area contributed by atoms with Crippen LogP contribution in [0.15, 0.2) is 73.1 Å². The molecule has 0 spiro atoms. The van der Waals surface area contributed by atoms with Gasteiger partial charge in [-0.25, -0.2) is 4.68 Å². The maximum atomic E-state index is 13.0. The maximum absolute atomic E-state index is 13.0. The summed E-state index contributed by atoms with van der Waals surface area (Å²) in [6.07, 6.45) is 4.03. The highest BCUT2D eigenvalue weighted by Crippen LogP contribution is 2.25. The summed E-state index contributed by atoms with van der Waals surface area (Å²) in [5.74, 6) is -0.0868. The number of aliphatic hydroxyl groups excluding tert-OH is 1. The average Bonchev–Trinajstić information content (AvgIpc) is 3.20. The molecule has 0 saturated carbocycles. The van der Waals surface area contributed by atoms with Crippen molar-refractivity contribution in [2.75, 3.05) is 13.7 Å². The SMILES string of the molecule is CN(C(=O)c1cccc(-n2cccn2)c1)C(CCO)c1ccccc1. The van der Waals surface area contributed by atoms with E-state index in [1.165, 1.54) is 0 Å². The minimum absolute atomic E-state index is 0.0184. The van der Waals surface area contributed by atoms with Gasteiger partial charge in [0.2, 0.25) is 0 Å². The molecule has 0 radical (unpaired) electrons. The lowest BCUT2D eigenvalue weighted by atomic mass is 10.0. The van der Waals surface area contributed by atoms with Crippen molar-refractivity contribution in [3.05, 3.63) is 84.2 Å². The molecule has 0 fully saturated rings. The van der Waals surface area contributed by atoms with Crippen LogP contribution < -0.4 is 0 Å².